The van der Waals surface area contributed by atoms with Crippen LogP contribution in [-0.2, 0) is 4.43 Å². The van der Waals surface area contributed by atoms with Crippen molar-refractivity contribution in [2.75, 3.05) is 11.9 Å². The smallest absolute Gasteiger partial charge is 0.192 e. The Bertz CT molecular complexity index is 264. The highest BCUT2D eigenvalue weighted by Crippen LogP contribution is 2.44. The van der Waals surface area contributed by atoms with E-state index in [9.17, 15) is 0 Å². The summed E-state index contributed by atoms with van der Waals surface area (Å²) in [6, 6.07) is 0. The van der Waals surface area contributed by atoms with Crippen molar-refractivity contribution in [2.24, 2.45) is 5.92 Å². The predicted octanol–water partition coefficient (Wildman–Crippen LogP) is 7.55. The maximum absolute atomic E-state index is 6.36. The highest BCUT2D eigenvalue weighted by atomic mass is 79.9. The van der Waals surface area contributed by atoms with Crippen LogP contribution in [0.5, 0.6) is 0 Å². The first kappa shape index (κ1) is 22.7. The zero-order valence-corrected chi connectivity index (χ0v) is 18.7. The SMILES string of the molecule is CC(C)C(C)(C)[Si](C)(C)OCCCCCCCCCCCBr. The quantitative estimate of drug-likeness (QED) is 0.168. The van der Waals surface area contributed by atoms with Gasteiger partial charge in [0.15, 0.2) is 8.32 Å². The molecule has 0 saturated carbocycles. The molecular formula is C19H41BrOSi. The summed E-state index contributed by atoms with van der Waals surface area (Å²) in [7, 11) is -1.59. The van der Waals surface area contributed by atoms with Gasteiger partial charge in [-0.05, 0) is 36.9 Å². The molecule has 0 aromatic carbocycles. The molecule has 134 valence electrons. The van der Waals surface area contributed by atoms with E-state index in [0.717, 1.165) is 6.61 Å². The summed E-state index contributed by atoms with van der Waals surface area (Å²) in [5.41, 5.74) is 0. The minimum atomic E-state index is -1.59. The van der Waals surface area contributed by atoms with E-state index in [1.807, 2.05) is 0 Å². The van der Waals surface area contributed by atoms with E-state index in [1.54, 1.807) is 0 Å². The topological polar surface area (TPSA) is 9.23 Å². The van der Waals surface area contributed by atoms with Crippen LogP contribution in [0.15, 0.2) is 0 Å². The molecule has 0 spiro atoms. The van der Waals surface area contributed by atoms with Crippen LogP contribution >= 0.6 is 15.9 Å². The zero-order valence-electron chi connectivity index (χ0n) is 16.1. The van der Waals surface area contributed by atoms with Crippen molar-refractivity contribution in [3.05, 3.63) is 0 Å². The van der Waals surface area contributed by atoms with Crippen molar-refractivity contribution in [3.63, 3.8) is 0 Å². The molecule has 0 amide bonds. The number of halogens is 1. The number of hydrogen-bond donors (Lipinski definition) is 0. The van der Waals surface area contributed by atoms with Crippen LogP contribution in [0.25, 0.3) is 0 Å². The first-order chi connectivity index (χ1) is 10.3. The average Bonchev–Trinajstić information content (AvgIpc) is 2.44. The summed E-state index contributed by atoms with van der Waals surface area (Å²) < 4.78 is 6.36. The molecule has 0 unspecified atom stereocenters. The second-order valence-electron chi connectivity index (χ2n) is 8.11. The molecule has 0 bridgehead atoms. The molecule has 0 aliphatic carbocycles. The lowest BCUT2D eigenvalue weighted by atomic mass is 9.99. The van der Waals surface area contributed by atoms with Crippen molar-refractivity contribution < 1.29 is 4.43 Å². The monoisotopic (exact) mass is 392 g/mol. The molecular weight excluding hydrogens is 352 g/mol. The third-order valence-corrected chi connectivity index (χ3v) is 10.9. The largest absolute Gasteiger partial charge is 0.417 e. The van der Waals surface area contributed by atoms with Gasteiger partial charge in [0, 0.05) is 11.9 Å². The van der Waals surface area contributed by atoms with Gasteiger partial charge in [-0.1, -0.05) is 88.6 Å². The van der Waals surface area contributed by atoms with E-state index in [4.69, 9.17) is 4.43 Å². The normalized spacial score (nSPS) is 13.1. The van der Waals surface area contributed by atoms with E-state index in [1.165, 1.54) is 63.1 Å². The summed E-state index contributed by atoms with van der Waals surface area (Å²) in [5.74, 6) is 0.693. The molecule has 0 radical (unpaired) electrons. The van der Waals surface area contributed by atoms with E-state index < -0.39 is 8.32 Å². The van der Waals surface area contributed by atoms with Crippen LogP contribution in [0.3, 0.4) is 0 Å². The zero-order chi connectivity index (χ0) is 17.1. The number of alkyl halides is 1. The molecule has 0 fully saturated rings. The van der Waals surface area contributed by atoms with E-state index in [2.05, 4.69) is 56.7 Å². The van der Waals surface area contributed by atoms with Crippen LogP contribution in [-0.4, -0.2) is 20.3 Å². The Hall–Kier alpha value is 0.657. The van der Waals surface area contributed by atoms with E-state index in [0.29, 0.717) is 11.0 Å². The lowest BCUT2D eigenvalue weighted by Crippen LogP contribution is -2.45. The van der Waals surface area contributed by atoms with Gasteiger partial charge in [0.25, 0.3) is 0 Å². The third kappa shape index (κ3) is 9.07. The lowest BCUT2D eigenvalue weighted by molar-refractivity contribution is 0.258. The molecule has 0 aromatic heterocycles. The standard InChI is InChI=1S/C19H41BrOSi/c1-18(2)19(3,4)22(5,6)21-17-15-13-11-9-7-8-10-12-14-16-20/h18H,7-17H2,1-6H3. The molecule has 0 rings (SSSR count). The van der Waals surface area contributed by atoms with Crippen molar-refractivity contribution >= 4 is 24.2 Å². The minimum Gasteiger partial charge on any atom is -0.417 e. The third-order valence-electron chi connectivity index (χ3n) is 5.74. The van der Waals surface area contributed by atoms with Crippen LogP contribution in [0.4, 0.5) is 0 Å². The van der Waals surface area contributed by atoms with Gasteiger partial charge >= 0.3 is 0 Å². The van der Waals surface area contributed by atoms with Crippen molar-refractivity contribution in [3.8, 4) is 0 Å². The summed E-state index contributed by atoms with van der Waals surface area (Å²) in [4.78, 5) is 0. The Balaban J connectivity index is 3.57. The van der Waals surface area contributed by atoms with Gasteiger partial charge in [-0.2, -0.15) is 0 Å². The molecule has 3 heteroatoms. The molecule has 22 heavy (non-hydrogen) atoms. The van der Waals surface area contributed by atoms with Gasteiger partial charge in [0.2, 0.25) is 0 Å². The average molecular weight is 394 g/mol. The fraction of sp³-hybridized carbons (Fsp3) is 1.00. The second kappa shape index (κ2) is 12.1. The predicted molar refractivity (Wildman–Crippen MR) is 108 cm³/mol. The van der Waals surface area contributed by atoms with Gasteiger partial charge in [0.05, 0.1) is 0 Å². The van der Waals surface area contributed by atoms with Crippen LogP contribution < -0.4 is 0 Å². The van der Waals surface area contributed by atoms with E-state index in [-0.39, 0.29) is 0 Å². The second-order valence-corrected chi connectivity index (χ2v) is 13.5. The highest BCUT2D eigenvalue weighted by molar-refractivity contribution is 9.09. The van der Waals surface area contributed by atoms with Crippen molar-refractivity contribution in [2.45, 2.75) is 104 Å². The van der Waals surface area contributed by atoms with Gasteiger partial charge in [-0.25, -0.2) is 0 Å². The van der Waals surface area contributed by atoms with Crippen molar-refractivity contribution in [1.82, 2.24) is 0 Å². The molecule has 0 atom stereocenters. The Morgan fingerprint density at radius 2 is 1.23 bits per heavy atom. The molecule has 0 aliphatic heterocycles. The lowest BCUT2D eigenvalue weighted by Gasteiger charge is -2.42. The first-order valence-electron chi connectivity index (χ1n) is 9.45. The Labute approximate surface area is 150 Å². The number of rotatable bonds is 14. The van der Waals surface area contributed by atoms with E-state index >= 15 is 0 Å². The molecule has 0 N–H and O–H groups in total. The molecule has 0 heterocycles. The summed E-state index contributed by atoms with van der Waals surface area (Å²) in [5, 5.41) is 1.52. The van der Waals surface area contributed by atoms with Gasteiger partial charge in [-0.3, -0.25) is 0 Å². The maximum atomic E-state index is 6.36. The first-order valence-corrected chi connectivity index (χ1v) is 13.5. The molecule has 1 nitrogen and oxygen atoms in total. The highest BCUT2D eigenvalue weighted by Gasteiger charge is 2.42. The van der Waals surface area contributed by atoms with Gasteiger partial charge in [0.1, 0.15) is 0 Å². The molecule has 0 saturated heterocycles. The molecule has 0 aliphatic rings. The Morgan fingerprint density at radius 1 is 0.818 bits per heavy atom. The summed E-state index contributed by atoms with van der Waals surface area (Å²) in [6.07, 6.45) is 12.4. The van der Waals surface area contributed by atoms with Crippen LogP contribution in [0, 0.1) is 5.92 Å². The fourth-order valence-corrected chi connectivity index (χ4v) is 5.46. The fourth-order valence-electron chi connectivity index (χ4n) is 2.64. The summed E-state index contributed by atoms with van der Waals surface area (Å²) >= 11 is 3.49. The number of unbranched alkanes of at least 4 members (excludes halogenated alkanes) is 8. The van der Waals surface area contributed by atoms with Gasteiger partial charge in [-0.15, -0.1) is 0 Å². The van der Waals surface area contributed by atoms with Crippen molar-refractivity contribution in [1.29, 1.82) is 0 Å². The minimum absolute atomic E-state index is 0.349. The van der Waals surface area contributed by atoms with Crippen LogP contribution in [0.1, 0.15) is 85.5 Å². The van der Waals surface area contributed by atoms with Gasteiger partial charge < -0.3 is 4.43 Å². The van der Waals surface area contributed by atoms with Crippen LogP contribution in [0.2, 0.25) is 18.1 Å². The Morgan fingerprint density at radius 3 is 1.64 bits per heavy atom. The Kier molecular flexibility index (Phi) is 12.4. The maximum Gasteiger partial charge on any atom is 0.192 e. The summed E-state index contributed by atoms with van der Waals surface area (Å²) in [6.45, 7) is 15.2. The number of hydrogen-bond acceptors (Lipinski definition) is 1. The molecule has 0 aromatic rings.